The fourth-order valence-electron chi connectivity index (χ4n) is 1.15. The van der Waals surface area contributed by atoms with Gasteiger partial charge in [0.25, 0.3) is 0 Å². The highest BCUT2D eigenvalue weighted by Gasteiger charge is 2.12. The molecule has 0 aromatic carbocycles. The number of hydrogen-bond acceptors (Lipinski definition) is 3. The molecule has 0 radical (unpaired) electrons. The first-order valence-corrected chi connectivity index (χ1v) is 5.19. The van der Waals surface area contributed by atoms with Gasteiger partial charge in [-0.15, -0.1) is 24.0 Å². The zero-order chi connectivity index (χ0) is 11.8. The molecule has 0 aliphatic heterocycles. The van der Waals surface area contributed by atoms with Crippen LogP contribution in [-0.2, 0) is 9.53 Å². The number of nitrogens with zero attached hydrogens (tertiary/aromatic N) is 2. The predicted molar refractivity (Wildman–Crippen MR) is 76.0 cm³/mol. The van der Waals surface area contributed by atoms with E-state index in [1.807, 2.05) is 18.7 Å². The van der Waals surface area contributed by atoms with Crippen molar-refractivity contribution in [1.82, 2.24) is 4.90 Å². The second-order valence-corrected chi connectivity index (χ2v) is 3.30. The summed E-state index contributed by atoms with van der Waals surface area (Å²) in [6, 6.07) is 0. The predicted octanol–water partition coefficient (Wildman–Crippen LogP) is 1.07. The molecule has 16 heavy (non-hydrogen) atoms. The van der Waals surface area contributed by atoms with Gasteiger partial charge >= 0.3 is 5.97 Å². The Balaban J connectivity index is 0. The van der Waals surface area contributed by atoms with Gasteiger partial charge in [0.1, 0.15) is 0 Å². The van der Waals surface area contributed by atoms with Gasteiger partial charge in [-0.3, -0.25) is 9.79 Å². The van der Waals surface area contributed by atoms with Crippen LogP contribution in [0, 0.1) is 5.92 Å². The van der Waals surface area contributed by atoms with Gasteiger partial charge in [0.05, 0.1) is 19.6 Å². The standard InChI is InChI=1S/C10H21N3O2.HI/c1-5-13(6-2)10(11)12-7-8(3)9(14)15-4;/h8H,5-7H2,1-4H3,(H2,11,12);1H. The second kappa shape index (κ2) is 9.68. The summed E-state index contributed by atoms with van der Waals surface area (Å²) in [7, 11) is 1.37. The molecular formula is C10H22IN3O2. The summed E-state index contributed by atoms with van der Waals surface area (Å²) < 4.78 is 4.59. The van der Waals surface area contributed by atoms with Crippen LogP contribution in [0.3, 0.4) is 0 Å². The van der Waals surface area contributed by atoms with Gasteiger partial charge in [-0.2, -0.15) is 0 Å². The van der Waals surface area contributed by atoms with Crippen molar-refractivity contribution in [3.05, 3.63) is 0 Å². The van der Waals surface area contributed by atoms with Crippen LogP contribution in [-0.4, -0.2) is 43.6 Å². The number of methoxy groups -OCH3 is 1. The zero-order valence-corrected chi connectivity index (χ0v) is 12.7. The van der Waals surface area contributed by atoms with E-state index >= 15 is 0 Å². The largest absolute Gasteiger partial charge is 0.469 e. The van der Waals surface area contributed by atoms with Crippen LogP contribution in [0.2, 0.25) is 0 Å². The summed E-state index contributed by atoms with van der Waals surface area (Å²) in [5.74, 6) is -0.0223. The Morgan fingerprint density at radius 3 is 2.31 bits per heavy atom. The molecule has 96 valence electrons. The molecular weight excluding hydrogens is 321 g/mol. The molecule has 0 rings (SSSR count). The topological polar surface area (TPSA) is 67.9 Å². The van der Waals surface area contributed by atoms with E-state index in [9.17, 15) is 4.79 Å². The van der Waals surface area contributed by atoms with E-state index in [1.165, 1.54) is 7.11 Å². The van der Waals surface area contributed by atoms with E-state index < -0.39 is 0 Å². The van der Waals surface area contributed by atoms with Crippen LogP contribution >= 0.6 is 24.0 Å². The molecule has 2 N–H and O–H groups in total. The summed E-state index contributed by atoms with van der Waals surface area (Å²) in [4.78, 5) is 17.2. The summed E-state index contributed by atoms with van der Waals surface area (Å²) in [6.45, 7) is 7.79. The van der Waals surface area contributed by atoms with Crippen molar-refractivity contribution < 1.29 is 9.53 Å². The normalized spacial score (nSPS) is 12.6. The molecule has 0 aromatic heterocycles. The van der Waals surface area contributed by atoms with Gasteiger partial charge in [-0.1, -0.05) is 6.92 Å². The Kier molecular flexibility index (Phi) is 10.8. The van der Waals surface area contributed by atoms with Gasteiger partial charge in [-0.05, 0) is 13.8 Å². The molecule has 0 aliphatic rings. The van der Waals surface area contributed by atoms with Crippen molar-refractivity contribution in [2.45, 2.75) is 20.8 Å². The Morgan fingerprint density at radius 1 is 1.44 bits per heavy atom. The Labute approximate surface area is 114 Å². The van der Waals surface area contributed by atoms with Crippen molar-refractivity contribution >= 4 is 35.9 Å². The van der Waals surface area contributed by atoms with Crippen molar-refractivity contribution in [2.24, 2.45) is 16.6 Å². The smallest absolute Gasteiger partial charge is 0.310 e. The van der Waals surface area contributed by atoms with Crippen LogP contribution in [0.1, 0.15) is 20.8 Å². The number of carbonyl (C=O) groups excluding carboxylic acids is 1. The molecule has 0 saturated heterocycles. The zero-order valence-electron chi connectivity index (χ0n) is 10.4. The third kappa shape index (κ3) is 6.14. The fraction of sp³-hybridized carbons (Fsp3) is 0.800. The lowest BCUT2D eigenvalue weighted by molar-refractivity contribution is -0.144. The van der Waals surface area contributed by atoms with Crippen LogP contribution in [0.4, 0.5) is 0 Å². The number of ether oxygens (including phenoxy) is 1. The lowest BCUT2D eigenvalue weighted by Gasteiger charge is -2.19. The number of hydrogen-bond donors (Lipinski definition) is 1. The molecule has 0 aliphatic carbocycles. The molecule has 0 aromatic rings. The SMILES string of the molecule is CCN(CC)C(N)=NCC(C)C(=O)OC.I. The molecule has 1 atom stereocenters. The lowest BCUT2D eigenvalue weighted by Crippen LogP contribution is -2.37. The molecule has 1 unspecified atom stereocenters. The fourth-order valence-corrected chi connectivity index (χ4v) is 1.15. The molecule has 6 heteroatoms. The van der Waals surface area contributed by atoms with Gasteiger partial charge in [0, 0.05) is 13.1 Å². The number of guanidine groups is 1. The van der Waals surface area contributed by atoms with Gasteiger partial charge < -0.3 is 15.4 Å². The number of esters is 1. The van der Waals surface area contributed by atoms with Crippen LogP contribution < -0.4 is 5.73 Å². The van der Waals surface area contributed by atoms with E-state index in [4.69, 9.17) is 5.73 Å². The Hall–Kier alpha value is -0.530. The third-order valence-corrected chi connectivity index (χ3v) is 2.22. The minimum absolute atomic E-state index is 0. The number of carbonyl (C=O) groups is 1. The summed E-state index contributed by atoms with van der Waals surface area (Å²) in [6.07, 6.45) is 0. The lowest BCUT2D eigenvalue weighted by atomic mass is 10.2. The Morgan fingerprint density at radius 2 is 1.94 bits per heavy atom. The maximum atomic E-state index is 11.1. The highest BCUT2D eigenvalue weighted by Crippen LogP contribution is 1.98. The number of aliphatic imine (C=N–C) groups is 1. The van der Waals surface area contributed by atoms with Gasteiger partial charge in [-0.25, -0.2) is 0 Å². The molecule has 0 amide bonds. The highest BCUT2D eigenvalue weighted by atomic mass is 127. The first-order valence-electron chi connectivity index (χ1n) is 5.19. The van der Waals surface area contributed by atoms with Crippen molar-refractivity contribution in [3.8, 4) is 0 Å². The average Bonchev–Trinajstić information content (AvgIpc) is 2.26. The number of rotatable bonds is 5. The van der Waals surface area contributed by atoms with E-state index in [1.54, 1.807) is 6.92 Å². The molecule has 0 bridgehead atoms. The molecule has 0 heterocycles. The first-order chi connectivity index (χ1) is 7.06. The quantitative estimate of drug-likeness (QED) is 0.351. The van der Waals surface area contributed by atoms with Gasteiger partial charge in [0.2, 0.25) is 0 Å². The third-order valence-electron chi connectivity index (χ3n) is 2.22. The summed E-state index contributed by atoms with van der Waals surface area (Å²) in [5, 5.41) is 0. The van der Waals surface area contributed by atoms with Crippen molar-refractivity contribution in [2.75, 3.05) is 26.7 Å². The first kappa shape index (κ1) is 17.9. The monoisotopic (exact) mass is 343 g/mol. The van der Waals surface area contributed by atoms with Crippen LogP contribution in [0.15, 0.2) is 4.99 Å². The van der Waals surface area contributed by atoms with E-state index in [0.717, 1.165) is 13.1 Å². The Bertz CT molecular complexity index is 230. The highest BCUT2D eigenvalue weighted by molar-refractivity contribution is 14.0. The average molecular weight is 343 g/mol. The number of halogens is 1. The molecule has 0 spiro atoms. The van der Waals surface area contributed by atoms with E-state index in [0.29, 0.717) is 12.5 Å². The van der Waals surface area contributed by atoms with E-state index in [2.05, 4.69) is 9.73 Å². The molecule has 5 nitrogen and oxygen atoms in total. The van der Waals surface area contributed by atoms with Crippen molar-refractivity contribution in [1.29, 1.82) is 0 Å². The molecule has 0 saturated carbocycles. The number of nitrogens with two attached hydrogens (primary N) is 1. The maximum Gasteiger partial charge on any atom is 0.310 e. The van der Waals surface area contributed by atoms with Gasteiger partial charge in [0.15, 0.2) is 5.96 Å². The summed E-state index contributed by atoms with van der Waals surface area (Å²) in [5.41, 5.74) is 5.75. The minimum Gasteiger partial charge on any atom is -0.469 e. The van der Waals surface area contributed by atoms with Crippen LogP contribution in [0.5, 0.6) is 0 Å². The van der Waals surface area contributed by atoms with Crippen LogP contribution in [0.25, 0.3) is 0 Å². The minimum atomic E-state index is -0.258. The second-order valence-electron chi connectivity index (χ2n) is 3.30. The van der Waals surface area contributed by atoms with E-state index in [-0.39, 0.29) is 35.9 Å². The maximum absolute atomic E-state index is 11.1. The van der Waals surface area contributed by atoms with Crippen molar-refractivity contribution in [3.63, 3.8) is 0 Å². The molecule has 0 fully saturated rings. The summed E-state index contributed by atoms with van der Waals surface area (Å²) >= 11 is 0.